The fourth-order valence-corrected chi connectivity index (χ4v) is 0.842. The zero-order valence-corrected chi connectivity index (χ0v) is 5.16. The van der Waals surface area contributed by atoms with Gasteiger partial charge in [-0.3, -0.25) is 5.32 Å². The Bertz CT molecular complexity index is 257. The maximum absolute atomic E-state index is 10.2. The summed E-state index contributed by atoms with van der Waals surface area (Å²) in [5, 5.41) is 4.38. The average molecular weight is 148 g/mol. The van der Waals surface area contributed by atoms with E-state index in [9.17, 15) is 13.2 Å². The van der Waals surface area contributed by atoms with Crippen molar-refractivity contribution in [1.82, 2.24) is 10.6 Å². The maximum Gasteiger partial charge on any atom is 0.320 e. The van der Waals surface area contributed by atoms with Gasteiger partial charge in [-0.2, -0.15) is 8.42 Å². The van der Waals surface area contributed by atoms with Gasteiger partial charge in [-0.15, -0.1) is 0 Å². The highest BCUT2D eigenvalue weighted by molar-refractivity contribution is 7.73. The van der Waals surface area contributed by atoms with Crippen molar-refractivity contribution in [1.29, 1.82) is 0 Å². The van der Waals surface area contributed by atoms with Gasteiger partial charge in [0, 0.05) is 0 Å². The summed E-state index contributed by atoms with van der Waals surface area (Å²) in [5.41, 5.74) is 0. The van der Waals surface area contributed by atoms with Crippen molar-refractivity contribution in [3.63, 3.8) is 0 Å². The highest BCUT2D eigenvalue weighted by Gasteiger charge is 2.14. The quantitative estimate of drug-likeness (QED) is 0.402. The first-order chi connectivity index (χ1) is 4.20. The van der Waals surface area contributed by atoms with E-state index in [2.05, 4.69) is 10.6 Å². The van der Waals surface area contributed by atoms with Gasteiger partial charge in [-0.05, 0) is 0 Å². The number of urea groups is 1. The number of hydrogen-bond acceptors (Lipinski definition) is 3. The Morgan fingerprint density at radius 1 is 1.44 bits per heavy atom. The van der Waals surface area contributed by atoms with Gasteiger partial charge >= 0.3 is 6.03 Å². The highest BCUT2D eigenvalue weighted by atomic mass is 32.2. The summed E-state index contributed by atoms with van der Waals surface area (Å²) in [7, 11) is -2.29. The maximum atomic E-state index is 10.2. The normalized spacial score (nSPS) is 16.9. The summed E-state index contributed by atoms with van der Waals surface area (Å²) >= 11 is 0. The van der Waals surface area contributed by atoms with E-state index in [1.807, 2.05) is 0 Å². The molecule has 0 radical (unpaired) electrons. The summed E-state index contributed by atoms with van der Waals surface area (Å²) in [6.45, 7) is 0.0783. The molecule has 1 heterocycles. The zero-order chi connectivity index (χ0) is 6.85. The van der Waals surface area contributed by atoms with E-state index in [0.717, 1.165) is 0 Å². The molecule has 1 aliphatic heterocycles. The van der Waals surface area contributed by atoms with Crippen molar-refractivity contribution in [3.05, 3.63) is 0 Å². The number of rotatable bonds is 0. The molecule has 1 saturated heterocycles. The molecule has 0 bridgehead atoms. The summed E-state index contributed by atoms with van der Waals surface area (Å²) < 4.78 is 20.1. The van der Waals surface area contributed by atoms with Crippen LogP contribution < -0.4 is 10.6 Å². The molecule has 1 aliphatic rings. The van der Waals surface area contributed by atoms with Crippen LogP contribution in [0, 0.1) is 0 Å². The molecule has 1 fully saturated rings. The van der Waals surface area contributed by atoms with Gasteiger partial charge in [0.1, 0.15) is 0 Å². The molecule has 6 heteroatoms. The minimum atomic E-state index is -2.29. The number of amides is 2. The summed E-state index contributed by atoms with van der Waals surface area (Å²) in [5.74, 6) is 0. The van der Waals surface area contributed by atoms with Crippen LogP contribution in [0.1, 0.15) is 0 Å². The van der Waals surface area contributed by atoms with Crippen molar-refractivity contribution in [2.45, 2.75) is 0 Å². The Kier molecular flexibility index (Phi) is 1.39. The van der Waals surface area contributed by atoms with Gasteiger partial charge < -0.3 is 5.32 Å². The SMILES string of the molecule is O=C1NCC(=S(=O)=O)N1. The lowest BCUT2D eigenvalue weighted by molar-refractivity contribution is 0.249. The first-order valence-electron chi connectivity index (χ1n) is 2.20. The van der Waals surface area contributed by atoms with Crippen LogP contribution in [-0.2, 0) is 10.3 Å². The van der Waals surface area contributed by atoms with Crippen molar-refractivity contribution in [3.8, 4) is 0 Å². The second-order valence-corrected chi connectivity index (χ2v) is 2.43. The minimum Gasteiger partial charge on any atom is -0.331 e. The topological polar surface area (TPSA) is 75.3 Å². The van der Waals surface area contributed by atoms with Crippen molar-refractivity contribution >= 4 is 21.3 Å². The van der Waals surface area contributed by atoms with E-state index in [-0.39, 0.29) is 11.5 Å². The molecule has 5 nitrogen and oxygen atoms in total. The Labute approximate surface area is 52.6 Å². The fourth-order valence-electron chi connectivity index (χ4n) is 0.476. The van der Waals surface area contributed by atoms with Crippen LogP contribution in [0.2, 0.25) is 0 Å². The summed E-state index contributed by atoms with van der Waals surface area (Å²) in [4.78, 5) is 10.2. The molecule has 0 aliphatic carbocycles. The predicted molar refractivity (Wildman–Crippen MR) is 30.5 cm³/mol. The smallest absolute Gasteiger partial charge is 0.320 e. The molecular weight excluding hydrogens is 144 g/mol. The predicted octanol–water partition coefficient (Wildman–Crippen LogP) is -1.69. The lowest BCUT2D eigenvalue weighted by Crippen LogP contribution is -2.22. The molecular formula is C3H4N2O3S. The summed E-state index contributed by atoms with van der Waals surface area (Å²) in [6, 6.07) is -0.464. The Hall–Kier alpha value is -1.04. The van der Waals surface area contributed by atoms with Crippen LogP contribution in [-0.4, -0.2) is 26.0 Å². The first-order valence-corrected chi connectivity index (χ1v) is 3.27. The second-order valence-electron chi connectivity index (χ2n) is 1.47. The van der Waals surface area contributed by atoms with E-state index >= 15 is 0 Å². The Morgan fingerprint density at radius 3 is 2.33 bits per heavy atom. The van der Waals surface area contributed by atoms with Crippen LogP contribution in [0.25, 0.3) is 0 Å². The number of carbonyl (C=O) groups excluding carboxylic acids is 1. The largest absolute Gasteiger partial charge is 0.331 e. The van der Waals surface area contributed by atoms with E-state index in [4.69, 9.17) is 0 Å². The first kappa shape index (κ1) is 6.09. The fraction of sp³-hybridized carbons (Fsp3) is 0.333. The Balaban J connectivity index is 2.94. The third-order valence-corrected chi connectivity index (χ3v) is 1.51. The summed E-state index contributed by atoms with van der Waals surface area (Å²) in [6.07, 6.45) is 0. The second kappa shape index (κ2) is 2.06. The molecule has 9 heavy (non-hydrogen) atoms. The van der Waals surface area contributed by atoms with Gasteiger partial charge in [0.05, 0.1) is 6.54 Å². The Morgan fingerprint density at radius 2 is 2.11 bits per heavy atom. The molecule has 1 rings (SSSR count). The van der Waals surface area contributed by atoms with Crippen LogP contribution in [0.3, 0.4) is 0 Å². The standard InChI is InChI=1S/C3H4N2O3S/c6-3-4-1-2(5-3)9(7)8/h1H2,(H2,4,5,6). The van der Waals surface area contributed by atoms with Crippen LogP contribution in [0.5, 0.6) is 0 Å². The van der Waals surface area contributed by atoms with Crippen LogP contribution in [0.15, 0.2) is 0 Å². The van der Waals surface area contributed by atoms with E-state index in [1.165, 1.54) is 0 Å². The van der Waals surface area contributed by atoms with Crippen LogP contribution >= 0.6 is 0 Å². The van der Waals surface area contributed by atoms with E-state index in [0.29, 0.717) is 0 Å². The molecule has 50 valence electrons. The van der Waals surface area contributed by atoms with Gasteiger partial charge in [-0.25, -0.2) is 4.79 Å². The van der Waals surface area contributed by atoms with Gasteiger partial charge in [0.2, 0.25) is 10.3 Å². The monoisotopic (exact) mass is 148 g/mol. The molecule has 0 aromatic heterocycles. The van der Waals surface area contributed by atoms with Gasteiger partial charge in [0.15, 0.2) is 4.99 Å². The van der Waals surface area contributed by atoms with Gasteiger partial charge in [0.25, 0.3) is 0 Å². The zero-order valence-electron chi connectivity index (χ0n) is 4.34. The molecule has 0 unspecified atom stereocenters. The van der Waals surface area contributed by atoms with E-state index in [1.54, 1.807) is 0 Å². The molecule has 2 amide bonds. The third kappa shape index (κ3) is 1.20. The van der Waals surface area contributed by atoms with Crippen molar-refractivity contribution < 1.29 is 13.2 Å². The molecule has 0 atom stereocenters. The number of carbonyl (C=O) groups is 1. The lowest BCUT2D eigenvalue weighted by Gasteiger charge is -1.80. The molecule has 0 aromatic rings. The van der Waals surface area contributed by atoms with Crippen LogP contribution in [0.4, 0.5) is 4.79 Å². The van der Waals surface area contributed by atoms with Crippen molar-refractivity contribution in [2.24, 2.45) is 0 Å². The molecule has 0 spiro atoms. The number of hydrogen-bond donors (Lipinski definition) is 2. The molecule has 0 aromatic carbocycles. The highest BCUT2D eigenvalue weighted by Crippen LogP contribution is 1.76. The number of nitrogens with one attached hydrogen (secondary N) is 2. The third-order valence-electron chi connectivity index (χ3n) is 0.864. The molecule has 2 N–H and O–H groups in total. The van der Waals surface area contributed by atoms with Crippen molar-refractivity contribution in [2.75, 3.05) is 6.54 Å². The van der Waals surface area contributed by atoms with E-state index < -0.39 is 16.3 Å². The van der Waals surface area contributed by atoms with Gasteiger partial charge in [-0.1, -0.05) is 0 Å². The minimum absolute atomic E-state index is 0.000000000000000222. The molecule has 0 saturated carbocycles. The average Bonchev–Trinajstić information content (AvgIpc) is 2.14. The lowest BCUT2D eigenvalue weighted by atomic mass is 10.7.